The number of carbonyl (C=O) groups is 2. The van der Waals surface area contributed by atoms with Gasteiger partial charge in [0.1, 0.15) is 0 Å². The quantitative estimate of drug-likeness (QED) is 0.491. The molecule has 34 heavy (non-hydrogen) atoms. The van der Waals surface area contributed by atoms with Crippen molar-refractivity contribution >= 4 is 22.9 Å². The minimum atomic E-state index is -0.874. The van der Waals surface area contributed by atoms with Crippen LogP contribution in [0.3, 0.4) is 0 Å². The lowest BCUT2D eigenvalue weighted by molar-refractivity contribution is 0.0660. The molecule has 2 amide bonds. The fourth-order valence-electron chi connectivity index (χ4n) is 4.98. The SMILES string of the molecule is COCCCn1ccc2ccc(C(=O)N(C[C@@H]3CN(C(=O)O)C[C@H]3CNC3CC3)C(C)C)cc21. The van der Waals surface area contributed by atoms with Crippen LogP contribution in [-0.4, -0.2) is 83.5 Å². The molecule has 1 aliphatic carbocycles. The van der Waals surface area contributed by atoms with Gasteiger partial charge >= 0.3 is 6.09 Å². The Kier molecular flexibility index (Phi) is 7.78. The van der Waals surface area contributed by atoms with E-state index < -0.39 is 6.09 Å². The van der Waals surface area contributed by atoms with Crippen LogP contribution in [0.15, 0.2) is 30.5 Å². The number of nitrogens with one attached hydrogen (secondary N) is 1. The first-order valence-electron chi connectivity index (χ1n) is 12.5. The Labute approximate surface area is 201 Å². The van der Waals surface area contributed by atoms with Crippen LogP contribution >= 0.6 is 0 Å². The Hall–Kier alpha value is -2.58. The van der Waals surface area contributed by atoms with Crippen LogP contribution in [0.1, 0.15) is 43.5 Å². The number of amides is 2. The summed E-state index contributed by atoms with van der Waals surface area (Å²) in [6, 6.07) is 8.58. The van der Waals surface area contributed by atoms with Crippen molar-refractivity contribution < 1.29 is 19.4 Å². The number of hydrogen-bond donors (Lipinski definition) is 2. The number of methoxy groups -OCH3 is 1. The molecule has 2 heterocycles. The van der Waals surface area contributed by atoms with E-state index in [2.05, 4.69) is 22.1 Å². The molecular formula is C26H38N4O4. The third kappa shape index (κ3) is 5.73. The Morgan fingerprint density at radius 1 is 1.21 bits per heavy atom. The van der Waals surface area contributed by atoms with E-state index in [1.165, 1.54) is 17.7 Å². The number of benzene rings is 1. The third-order valence-electron chi connectivity index (χ3n) is 7.18. The molecule has 0 bridgehead atoms. The smallest absolute Gasteiger partial charge is 0.407 e. The van der Waals surface area contributed by atoms with Crippen LogP contribution in [0.4, 0.5) is 4.79 Å². The van der Waals surface area contributed by atoms with Crippen molar-refractivity contribution in [3.63, 3.8) is 0 Å². The summed E-state index contributed by atoms with van der Waals surface area (Å²) in [4.78, 5) is 28.7. The van der Waals surface area contributed by atoms with E-state index >= 15 is 0 Å². The van der Waals surface area contributed by atoms with E-state index in [0.29, 0.717) is 37.8 Å². The molecule has 1 aliphatic heterocycles. The molecule has 8 nitrogen and oxygen atoms in total. The van der Waals surface area contributed by atoms with Gasteiger partial charge in [0, 0.05) is 75.8 Å². The predicted octanol–water partition coefficient (Wildman–Crippen LogP) is 3.51. The molecule has 1 saturated heterocycles. The standard InChI is InChI=1S/C26H38N4O4/c1-18(2)30(17-22-16-29(26(32)33)15-21(22)14-27-23-7-8-23)25(31)20-6-5-19-9-11-28(24(19)13-20)10-4-12-34-3/h5-6,9,11,13,18,21-23,27H,4,7-8,10,12,14-17H2,1-3H3,(H,32,33)/t21-,22+/m1/s1. The summed E-state index contributed by atoms with van der Waals surface area (Å²) in [7, 11) is 1.71. The van der Waals surface area contributed by atoms with Gasteiger partial charge in [-0.25, -0.2) is 4.79 Å². The van der Waals surface area contributed by atoms with E-state index in [-0.39, 0.29) is 23.8 Å². The number of carboxylic acid groups (broad SMARTS) is 1. The first-order chi connectivity index (χ1) is 16.4. The topological polar surface area (TPSA) is 87.0 Å². The van der Waals surface area contributed by atoms with Crippen LogP contribution < -0.4 is 5.32 Å². The highest BCUT2D eigenvalue weighted by atomic mass is 16.5. The maximum absolute atomic E-state index is 13.7. The van der Waals surface area contributed by atoms with Gasteiger partial charge in [-0.15, -0.1) is 0 Å². The number of hydrogen-bond acceptors (Lipinski definition) is 4. The fourth-order valence-corrected chi connectivity index (χ4v) is 4.98. The van der Waals surface area contributed by atoms with Crippen LogP contribution in [0.5, 0.6) is 0 Å². The van der Waals surface area contributed by atoms with Crippen molar-refractivity contribution in [2.24, 2.45) is 11.8 Å². The van der Waals surface area contributed by atoms with E-state index in [0.717, 1.165) is 30.4 Å². The molecule has 0 unspecified atom stereocenters. The number of rotatable bonds is 11. The highest BCUT2D eigenvalue weighted by Crippen LogP contribution is 2.28. The monoisotopic (exact) mass is 470 g/mol. The second-order valence-corrected chi connectivity index (χ2v) is 10.1. The normalized spacial score (nSPS) is 20.4. The molecule has 4 rings (SSSR count). The number of aryl methyl sites for hydroxylation is 1. The summed E-state index contributed by atoms with van der Waals surface area (Å²) < 4.78 is 7.35. The Morgan fingerprint density at radius 3 is 2.65 bits per heavy atom. The summed E-state index contributed by atoms with van der Waals surface area (Å²) in [6.45, 7) is 7.97. The second-order valence-electron chi connectivity index (χ2n) is 10.1. The first kappa shape index (κ1) is 24.5. The maximum atomic E-state index is 13.7. The van der Waals surface area contributed by atoms with Gasteiger partial charge in [-0.3, -0.25) is 4.79 Å². The highest BCUT2D eigenvalue weighted by Gasteiger charge is 2.38. The average Bonchev–Trinajstić information content (AvgIpc) is 3.42. The molecule has 2 N–H and O–H groups in total. The van der Waals surface area contributed by atoms with Crippen molar-refractivity contribution in [2.45, 2.75) is 51.7 Å². The second kappa shape index (κ2) is 10.8. The zero-order valence-corrected chi connectivity index (χ0v) is 20.6. The fraction of sp³-hybridized carbons (Fsp3) is 0.615. The van der Waals surface area contributed by atoms with E-state index in [1.54, 1.807) is 7.11 Å². The number of likely N-dealkylation sites (tertiary alicyclic amines) is 1. The molecule has 1 aromatic carbocycles. The van der Waals surface area contributed by atoms with Crippen LogP contribution in [0.2, 0.25) is 0 Å². The number of ether oxygens (including phenoxy) is 1. The number of fused-ring (bicyclic) bond motifs is 1. The lowest BCUT2D eigenvalue weighted by Crippen LogP contribution is -2.43. The van der Waals surface area contributed by atoms with Crippen LogP contribution in [0, 0.1) is 11.8 Å². The van der Waals surface area contributed by atoms with Gasteiger partial charge < -0.3 is 29.5 Å². The van der Waals surface area contributed by atoms with Gasteiger partial charge in [0.15, 0.2) is 0 Å². The summed E-state index contributed by atoms with van der Waals surface area (Å²) in [5.74, 6) is 0.339. The van der Waals surface area contributed by atoms with Crippen molar-refractivity contribution in [3.05, 3.63) is 36.0 Å². The Balaban J connectivity index is 1.50. The summed E-state index contributed by atoms with van der Waals surface area (Å²) >= 11 is 0. The minimum absolute atomic E-state index is 0.00391. The lowest BCUT2D eigenvalue weighted by Gasteiger charge is -2.31. The van der Waals surface area contributed by atoms with Crippen molar-refractivity contribution in [1.82, 2.24) is 19.7 Å². The van der Waals surface area contributed by atoms with E-state index in [9.17, 15) is 14.7 Å². The molecule has 1 aromatic heterocycles. The number of carbonyl (C=O) groups excluding carboxylic acids is 1. The van der Waals surface area contributed by atoms with Crippen molar-refractivity contribution in [2.75, 3.05) is 39.9 Å². The predicted molar refractivity (Wildman–Crippen MR) is 132 cm³/mol. The number of aromatic nitrogens is 1. The van der Waals surface area contributed by atoms with E-state index in [1.807, 2.05) is 36.9 Å². The van der Waals surface area contributed by atoms with Gasteiger partial charge in [-0.2, -0.15) is 0 Å². The molecule has 2 aromatic rings. The lowest BCUT2D eigenvalue weighted by atomic mass is 9.94. The molecule has 2 aliphatic rings. The van der Waals surface area contributed by atoms with Crippen molar-refractivity contribution in [1.29, 1.82) is 0 Å². The Bertz CT molecular complexity index is 1000. The third-order valence-corrected chi connectivity index (χ3v) is 7.18. The van der Waals surface area contributed by atoms with Gasteiger partial charge in [-0.1, -0.05) is 6.07 Å². The van der Waals surface area contributed by atoms with E-state index in [4.69, 9.17) is 4.74 Å². The molecule has 186 valence electrons. The molecule has 1 saturated carbocycles. The first-order valence-corrected chi connectivity index (χ1v) is 12.5. The zero-order valence-electron chi connectivity index (χ0n) is 20.6. The number of nitrogens with zero attached hydrogens (tertiary/aromatic N) is 3. The average molecular weight is 471 g/mol. The molecular weight excluding hydrogens is 432 g/mol. The molecule has 2 fully saturated rings. The maximum Gasteiger partial charge on any atom is 0.407 e. The molecule has 8 heteroatoms. The highest BCUT2D eigenvalue weighted by molar-refractivity contribution is 5.98. The summed E-state index contributed by atoms with van der Waals surface area (Å²) in [6.07, 6.45) is 4.50. The van der Waals surface area contributed by atoms with Gasteiger partial charge in [0.05, 0.1) is 0 Å². The van der Waals surface area contributed by atoms with Crippen LogP contribution in [0.25, 0.3) is 10.9 Å². The molecule has 0 radical (unpaired) electrons. The summed E-state index contributed by atoms with van der Waals surface area (Å²) in [5.41, 5.74) is 1.73. The molecule has 0 spiro atoms. The van der Waals surface area contributed by atoms with Crippen LogP contribution in [-0.2, 0) is 11.3 Å². The largest absolute Gasteiger partial charge is 0.465 e. The van der Waals surface area contributed by atoms with Gasteiger partial charge in [-0.05, 0) is 68.5 Å². The van der Waals surface area contributed by atoms with Gasteiger partial charge in [0.2, 0.25) is 0 Å². The van der Waals surface area contributed by atoms with Crippen molar-refractivity contribution in [3.8, 4) is 0 Å². The minimum Gasteiger partial charge on any atom is -0.465 e. The zero-order chi connectivity index (χ0) is 24.2. The Morgan fingerprint density at radius 2 is 1.97 bits per heavy atom. The molecule has 2 atom stereocenters. The summed E-state index contributed by atoms with van der Waals surface area (Å²) in [5, 5.41) is 14.2. The van der Waals surface area contributed by atoms with Gasteiger partial charge in [0.25, 0.3) is 5.91 Å².